The number of hydrogen-bond donors (Lipinski definition) is 1. The quantitative estimate of drug-likeness (QED) is 0.858. The van der Waals surface area contributed by atoms with Gasteiger partial charge in [-0.3, -0.25) is 0 Å². The van der Waals surface area contributed by atoms with E-state index in [0.717, 1.165) is 6.54 Å². The number of ether oxygens (including phenoxy) is 1. The van der Waals surface area contributed by atoms with E-state index in [4.69, 9.17) is 4.74 Å². The lowest BCUT2D eigenvalue weighted by atomic mass is 10.1. The molecule has 0 spiro atoms. The third kappa shape index (κ3) is 4.90. The molecule has 1 aromatic rings. The van der Waals surface area contributed by atoms with Crippen molar-refractivity contribution in [2.24, 2.45) is 5.92 Å². The summed E-state index contributed by atoms with van der Waals surface area (Å²) in [4.78, 5) is 0.295. The molecule has 0 radical (unpaired) electrons. The zero-order valence-corrected chi connectivity index (χ0v) is 13.0. The van der Waals surface area contributed by atoms with Gasteiger partial charge in [0.2, 0.25) is 0 Å². The summed E-state index contributed by atoms with van der Waals surface area (Å²) in [5, 5.41) is 3.30. The van der Waals surface area contributed by atoms with Crippen LogP contribution in [-0.2, 0) is 17.5 Å². The molecule has 6 heteroatoms. The van der Waals surface area contributed by atoms with Gasteiger partial charge in [-0.15, -0.1) is 11.8 Å². The van der Waals surface area contributed by atoms with Crippen LogP contribution >= 0.6 is 11.8 Å². The van der Waals surface area contributed by atoms with Crippen molar-refractivity contribution in [2.75, 3.05) is 19.8 Å². The van der Waals surface area contributed by atoms with Gasteiger partial charge in [0.05, 0.1) is 24.0 Å². The predicted octanol–water partition coefficient (Wildman–Crippen LogP) is 3.94. The Morgan fingerprint density at radius 1 is 1.33 bits per heavy atom. The van der Waals surface area contributed by atoms with Crippen molar-refractivity contribution in [1.82, 2.24) is 5.32 Å². The number of hydrogen-bond acceptors (Lipinski definition) is 3. The summed E-state index contributed by atoms with van der Waals surface area (Å²) in [5.74, 6) is 0.473. The summed E-state index contributed by atoms with van der Waals surface area (Å²) in [6.07, 6.45) is -4.32. The van der Waals surface area contributed by atoms with Gasteiger partial charge < -0.3 is 10.1 Å². The summed E-state index contributed by atoms with van der Waals surface area (Å²) >= 11 is 1.26. The van der Waals surface area contributed by atoms with E-state index in [0.29, 0.717) is 36.1 Å². The number of thioether (sulfide) groups is 1. The number of benzene rings is 1. The zero-order chi connectivity index (χ0) is 15.5. The van der Waals surface area contributed by atoms with Crippen molar-refractivity contribution in [3.05, 3.63) is 29.3 Å². The first-order chi connectivity index (χ1) is 9.86. The van der Waals surface area contributed by atoms with Crippen LogP contribution in [0.25, 0.3) is 0 Å². The van der Waals surface area contributed by atoms with Gasteiger partial charge in [0.25, 0.3) is 0 Å². The number of alkyl halides is 3. The molecule has 0 aliphatic carbocycles. The molecule has 0 aromatic heterocycles. The van der Waals surface area contributed by atoms with E-state index in [-0.39, 0.29) is 5.25 Å². The van der Waals surface area contributed by atoms with Crippen LogP contribution in [0, 0.1) is 5.92 Å². The lowest BCUT2D eigenvalue weighted by Gasteiger charge is -2.26. The molecule has 1 N–H and O–H groups in total. The summed E-state index contributed by atoms with van der Waals surface area (Å²) in [6.45, 7) is 6.43. The molecule has 2 nitrogen and oxygen atoms in total. The molecule has 1 aliphatic rings. The number of halogens is 3. The van der Waals surface area contributed by atoms with E-state index in [2.05, 4.69) is 19.2 Å². The molecule has 0 saturated carbocycles. The van der Waals surface area contributed by atoms with Gasteiger partial charge in [-0.05, 0) is 30.2 Å². The monoisotopic (exact) mass is 319 g/mol. The summed E-state index contributed by atoms with van der Waals surface area (Å²) in [5.41, 5.74) is 0.125. The maximum Gasteiger partial charge on any atom is 0.417 e. The molecule has 0 bridgehead atoms. The second-order valence-corrected chi connectivity index (χ2v) is 6.97. The molecule has 1 fully saturated rings. The van der Waals surface area contributed by atoms with Crippen molar-refractivity contribution in [3.63, 3.8) is 0 Å². The third-order valence-corrected chi connectivity index (χ3v) is 4.35. The second-order valence-electron chi connectivity index (χ2n) is 5.63. The van der Waals surface area contributed by atoms with Gasteiger partial charge in [0.15, 0.2) is 0 Å². The number of rotatable bonds is 6. The summed E-state index contributed by atoms with van der Waals surface area (Å²) < 4.78 is 44.6. The molecule has 0 unspecified atom stereocenters. The van der Waals surface area contributed by atoms with Crippen LogP contribution in [-0.4, -0.2) is 25.0 Å². The maximum absolute atomic E-state index is 13.2. The van der Waals surface area contributed by atoms with Crippen LogP contribution in [0.5, 0.6) is 0 Å². The van der Waals surface area contributed by atoms with Crippen molar-refractivity contribution in [3.8, 4) is 0 Å². The highest BCUT2D eigenvalue weighted by Gasteiger charge is 2.35. The lowest BCUT2D eigenvalue weighted by molar-refractivity contribution is -0.139. The minimum atomic E-state index is -4.32. The fraction of sp³-hybridized carbons (Fsp3) is 0.600. The first-order valence-electron chi connectivity index (χ1n) is 7.01. The van der Waals surface area contributed by atoms with Gasteiger partial charge in [-0.2, -0.15) is 13.2 Å². The Morgan fingerprint density at radius 3 is 2.57 bits per heavy atom. The highest BCUT2D eigenvalue weighted by molar-refractivity contribution is 8.00. The SMILES string of the molecule is CC(C)CNCc1ccc(SC2COC2)c(C(F)(F)F)c1. The van der Waals surface area contributed by atoms with Crippen LogP contribution in [0.2, 0.25) is 0 Å². The fourth-order valence-corrected chi connectivity index (χ4v) is 3.11. The molecule has 0 amide bonds. The normalized spacial score (nSPS) is 16.3. The molecule has 2 rings (SSSR count). The molecule has 1 aromatic carbocycles. The molecule has 21 heavy (non-hydrogen) atoms. The van der Waals surface area contributed by atoms with Crippen LogP contribution in [0.15, 0.2) is 23.1 Å². The van der Waals surface area contributed by atoms with Crippen molar-refractivity contribution in [1.29, 1.82) is 0 Å². The zero-order valence-electron chi connectivity index (χ0n) is 12.2. The topological polar surface area (TPSA) is 21.3 Å². The van der Waals surface area contributed by atoms with Gasteiger partial charge in [0, 0.05) is 11.4 Å². The Hall–Kier alpha value is -0.720. The minimum Gasteiger partial charge on any atom is -0.379 e. The number of nitrogens with one attached hydrogen (secondary N) is 1. The Kier molecular flexibility index (Phi) is 5.57. The van der Waals surface area contributed by atoms with Crippen molar-refractivity contribution in [2.45, 2.75) is 36.7 Å². The van der Waals surface area contributed by atoms with E-state index in [1.54, 1.807) is 12.1 Å². The van der Waals surface area contributed by atoms with E-state index in [9.17, 15) is 13.2 Å². The maximum atomic E-state index is 13.2. The van der Waals surface area contributed by atoms with Gasteiger partial charge in [0.1, 0.15) is 0 Å². The second kappa shape index (κ2) is 7.03. The van der Waals surface area contributed by atoms with Gasteiger partial charge in [-0.1, -0.05) is 19.9 Å². The van der Waals surface area contributed by atoms with Crippen LogP contribution < -0.4 is 5.32 Å². The van der Waals surface area contributed by atoms with E-state index in [1.807, 2.05) is 0 Å². The smallest absolute Gasteiger partial charge is 0.379 e. The average molecular weight is 319 g/mol. The summed E-state index contributed by atoms with van der Waals surface area (Å²) in [7, 11) is 0. The van der Waals surface area contributed by atoms with Gasteiger partial charge in [-0.25, -0.2) is 0 Å². The first kappa shape index (κ1) is 16.6. The Morgan fingerprint density at radius 2 is 2.05 bits per heavy atom. The Bertz CT molecular complexity index is 472. The van der Waals surface area contributed by atoms with Crippen LogP contribution in [0.1, 0.15) is 25.0 Å². The van der Waals surface area contributed by atoms with Crippen molar-refractivity contribution >= 4 is 11.8 Å². The van der Waals surface area contributed by atoms with Crippen molar-refractivity contribution < 1.29 is 17.9 Å². The van der Waals surface area contributed by atoms with E-state index in [1.165, 1.54) is 17.8 Å². The molecule has 0 atom stereocenters. The van der Waals surface area contributed by atoms with Gasteiger partial charge >= 0.3 is 6.18 Å². The molecule has 1 saturated heterocycles. The minimum absolute atomic E-state index is 0.135. The molecule has 1 aliphatic heterocycles. The molecule has 1 heterocycles. The van der Waals surface area contributed by atoms with Crippen LogP contribution in [0.4, 0.5) is 13.2 Å². The highest BCUT2D eigenvalue weighted by atomic mass is 32.2. The van der Waals surface area contributed by atoms with Crippen LogP contribution in [0.3, 0.4) is 0 Å². The first-order valence-corrected chi connectivity index (χ1v) is 7.89. The average Bonchev–Trinajstić information content (AvgIpc) is 2.33. The highest BCUT2D eigenvalue weighted by Crippen LogP contribution is 2.39. The Balaban J connectivity index is 2.10. The van der Waals surface area contributed by atoms with E-state index < -0.39 is 11.7 Å². The van der Waals surface area contributed by atoms with E-state index >= 15 is 0 Å². The Labute approximate surface area is 127 Å². The largest absolute Gasteiger partial charge is 0.417 e. The molecular weight excluding hydrogens is 299 g/mol. The molecule has 118 valence electrons. The lowest BCUT2D eigenvalue weighted by Crippen LogP contribution is -2.30. The fourth-order valence-electron chi connectivity index (χ4n) is 1.98. The molecular formula is C15H20F3NOS. The predicted molar refractivity (Wildman–Crippen MR) is 78.5 cm³/mol. The standard InChI is InChI=1S/C15H20F3NOS/c1-10(2)6-19-7-11-3-4-14(21-12-8-20-9-12)13(5-11)15(16,17)18/h3-5,10,12,19H,6-9H2,1-2H3. The summed E-state index contributed by atoms with van der Waals surface area (Å²) in [6, 6.07) is 4.61. The third-order valence-electron chi connectivity index (χ3n) is 3.13.